The summed E-state index contributed by atoms with van der Waals surface area (Å²) < 4.78 is 0. The van der Waals surface area contributed by atoms with Gasteiger partial charge in [-0.2, -0.15) is 0 Å². The first-order chi connectivity index (χ1) is 9.10. The van der Waals surface area contributed by atoms with Crippen molar-refractivity contribution < 1.29 is 20.1 Å². The van der Waals surface area contributed by atoms with Crippen LogP contribution in [0.5, 0.6) is 0 Å². The number of aliphatic carboxylic acids is 1. The zero-order chi connectivity index (χ0) is 13.8. The Morgan fingerprint density at radius 2 is 2.26 bits per heavy atom. The number of aliphatic hydroxyl groups excluding tert-OH is 2. The molecule has 0 spiro atoms. The molecule has 5 heteroatoms. The van der Waals surface area contributed by atoms with Crippen molar-refractivity contribution in [3.63, 3.8) is 0 Å². The van der Waals surface area contributed by atoms with Crippen LogP contribution in [-0.4, -0.2) is 40.0 Å². The summed E-state index contributed by atoms with van der Waals surface area (Å²) in [5.74, 6) is -0.790. The molecular weight excluding hydrogens is 246 g/mol. The number of aliphatic hydroxyl groups is 2. The maximum Gasteiger partial charge on any atom is 0.303 e. The largest absolute Gasteiger partial charge is 0.481 e. The fourth-order valence-corrected chi connectivity index (χ4v) is 2.40. The van der Waals surface area contributed by atoms with Crippen LogP contribution < -0.4 is 5.32 Å². The minimum atomic E-state index is -0.790. The van der Waals surface area contributed by atoms with E-state index in [0.717, 1.165) is 29.7 Å². The fourth-order valence-electron chi connectivity index (χ4n) is 2.40. The van der Waals surface area contributed by atoms with E-state index in [0.29, 0.717) is 6.42 Å². The van der Waals surface area contributed by atoms with Crippen LogP contribution in [-0.2, 0) is 17.6 Å². The van der Waals surface area contributed by atoms with Gasteiger partial charge in [-0.15, -0.1) is 0 Å². The molecule has 0 radical (unpaired) electrons. The SMILES string of the molecule is O=C(O)CCc1ccc2c(c1)CC[C@@H]([C@H](O)CO)N2. The number of carbonyl (C=O) groups is 1. The molecule has 104 valence electrons. The van der Waals surface area contributed by atoms with Gasteiger partial charge in [-0.3, -0.25) is 4.79 Å². The third-order valence-corrected chi connectivity index (χ3v) is 3.51. The van der Waals surface area contributed by atoms with E-state index in [1.54, 1.807) is 0 Å². The Morgan fingerprint density at radius 1 is 1.47 bits per heavy atom. The Morgan fingerprint density at radius 3 is 2.95 bits per heavy atom. The first kappa shape index (κ1) is 13.8. The highest BCUT2D eigenvalue weighted by atomic mass is 16.4. The lowest BCUT2D eigenvalue weighted by atomic mass is 9.93. The first-order valence-electron chi connectivity index (χ1n) is 6.49. The maximum absolute atomic E-state index is 10.5. The van der Waals surface area contributed by atoms with E-state index in [9.17, 15) is 9.90 Å². The smallest absolute Gasteiger partial charge is 0.303 e. The van der Waals surface area contributed by atoms with E-state index in [4.69, 9.17) is 10.2 Å². The second kappa shape index (κ2) is 6.04. The van der Waals surface area contributed by atoms with Gasteiger partial charge in [0.1, 0.15) is 0 Å². The molecule has 0 aromatic heterocycles. The van der Waals surface area contributed by atoms with Crippen molar-refractivity contribution in [2.75, 3.05) is 11.9 Å². The topological polar surface area (TPSA) is 89.8 Å². The summed E-state index contributed by atoms with van der Waals surface area (Å²) >= 11 is 0. The second-order valence-electron chi connectivity index (χ2n) is 4.92. The van der Waals surface area contributed by atoms with Gasteiger partial charge in [0.25, 0.3) is 0 Å². The third-order valence-electron chi connectivity index (χ3n) is 3.51. The predicted octanol–water partition coefficient (Wildman–Crippen LogP) is 0.784. The predicted molar refractivity (Wildman–Crippen MR) is 71.2 cm³/mol. The molecule has 0 bridgehead atoms. The van der Waals surface area contributed by atoms with Crippen LogP contribution in [0.4, 0.5) is 5.69 Å². The summed E-state index contributed by atoms with van der Waals surface area (Å²) in [6, 6.07) is 5.72. The lowest BCUT2D eigenvalue weighted by molar-refractivity contribution is -0.136. The highest BCUT2D eigenvalue weighted by molar-refractivity contribution is 5.67. The number of carboxylic acid groups (broad SMARTS) is 1. The number of aryl methyl sites for hydroxylation is 2. The summed E-state index contributed by atoms with van der Waals surface area (Å²) in [6.45, 7) is -0.246. The van der Waals surface area contributed by atoms with Crippen molar-refractivity contribution in [2.24, 2.45) is 0 Å². The Bertz CT molecular complexity index is 461. The number of carboxylic acids is 1. The third kappa shape index (κ3) is 3.45. The van der Waals surface area contributed by atoms with Crippen molar-refractivity contribution in [3.8, 4) is 0 Å². The molecule has 2 atom stereocenters. The summed E-state index contributed by atoms with van der Waals surface area (Å²) in [5, 5.41) is 30.5. The van der Waals surface area contributed by atoms with Gasteiger partial charge >= 0.3 is 5.97 Å². The fraction of sp³-hybridized carbons (Fsp3) is 0.500. The Balaban J connectivity index is 2.05. The molecule has 2 rings (SSSR count). The molecule has 0 aliphatic carbocycles. The average Bonchev–Trinajstić information content (AvgIpc) is 2.43. The van der Waals surface area contributed by atoms with Crippen molar-refractivity contribution >= 4 is 11.7 Å². The number of nitrogens with one attached hydrogen (secondary N) is 1. The number of benzene rings is 1. The summed E-state index contributed by atoms with van der Waals surface area (Å²) in [7, 11) is 0. The monoisotopic (exact) mass is 265 g/mol. The zero-order valence-electron chi connectivity index (χ0n) is 10.7. The summed E-state index contributed by atoms with van der Waals surface area (Å²) in [6.07, 6.45) is 1.51. The van der Waals surface area contributed by atoms with Gasteiger partial charge < -0.3 is 20.6 Å². The van der Waals surface area contributed by atoms with E-state index >= 15 is 0 Å². The van der Waals surface area contributed by atoms with Crippen LogP contribution in [0.25, 0.3) is 0 Å². The minimum Gasteiger partial charge on any atom is -0.481 e. The Labute approximate surface area is 111 Å². The molecule has 1 aromatic carbocycles. The normalized spacial score (nSPS) is 19.4. The van der Waals surface area contributed by atoms with Crippen molar-refractivity contribution in [3.05, 3.63) is 29.3 Å². The van der Waals surface area contributed by atoms with E-state index in [2.05, 4.69) is 5.32 Å². The summed E-state index contributed by atoms with van der Waals surface area (Å²) in [5.41, 5.74) is 3.12. The molecule has 5 nitrogen and oxygen atoms in total. The quantitative estimate of drug-likeness (QED) is 0.632. The number of hydrogen-bond donors (Lipinski definition) is 4. The average molecular weight is 265 g/mol. The van der Waals surface area contributed by atoms with E-state index < -0.39 is 12.1 Å². The zero-order valence-corrected chi connectivity index (χ0v) is 10.7. The van der Waals surface area contributed by atoms with Gasteiger partial charge in [-0.05, 0) is 36.5 Å². The number of hydrogen-bond acceptors (Lipinski definition) is 4. The molecule has 1 aromatic rings. The number of fused-ring (bicyclic) bond motifs is 1. The molecule has 0 unspecified atom stereocenters. The molecular formula is C14H19NO4. The van der Waals surface area contributed by atoms with E-state index in [1.807, 2.05) is 18.2 Å². The number of anilines is 1. The van der Waals surface area contributed by atoms with Crippen molar-refractivity contribution in [1.29, 1.82) is 0 Å². The van der Waals surface area contributed by atoms with Crippen LogP contribution >= 0.6 is 0 Å². The van der Waals surface area contributed by atoms with Gasteiger partial charge in [0, 0.05) is 12.1 Å². The highest BCUT2D eigenvalue weighted by Crippen LogP contribution is 2.27. The van der Waals surface area contributed by atoms with Crippen molar-refractivity contribution in [1.82, 2.24) is 0 Å². The van der Waals surface area contributed by atoms with E-state index in [1.165, 1.54) is 0 Å². The standard InChI is InChI=1S/C14H19NO4/c16-8-13(17)12-5-3-10-7-9(2-6-14(18)19)1-4-11(10)15-12/h1,4,7,12-13,15-17H,2-3,5-6,8H2,(H,18,19)/t12-,13+/m0/s1. The molecule has 0 fully saturated rings. The molecule has 19 heavy (non-hydrogen) atoms. The van der Waals surface area contributed by atoms with Crippen LogP contribution in [0.2, 0.25) is 0 Å². The maximum atomic E-state index is 10.5. The van der Waals surface area contributed by atoms with Gasteiger partial charge in [0.05, 0.1) is 18.8 Å². The minimum absolute atomic E-state index is 0.123. The summed E-state index contributed by atoms with van der Waals surface area (Å²) in [4.78, 5) is 10.5. The van der Waals surface area contributed by atoms with Crippen LogP contribution in [0, 0.1) is 0 Å². The number of rotatable bonds is 5. The molecule has 0 saturated heterocycles. The van der Waals surface area contributed by atoms with Crippen molar-refractivity contribution in [2.45, 2.75) is 37.8 Å². The molecule has 1 heterocycles. The Kier molecular flexibility index (Phi) is 4.39. The van der Waals surface area contributed by atoms with Crippen LogP contribution in [0.1, 0.15) is 24.0 Å². The van der Waals surface area contributed by atoms with Gasteiger partial charge in [0.15, 0.2) is 0 Å². The lowest BCUT2D eigenvalue weighted by Gasteiger charge is -2.30. The van der Waals surface area contributed by atoms with E-state index in [-0.39, 0.29) is 19.1 Å². The molecule has 1 aliphatic heterocycles. The molecule has 0 amide bonds. The highest BCUT2D eigenvalue weighted by Gasteiger charge is 2.23. The van der Waals surface area contributed by atoms with Crippen LogP contribution in [0.15, 0.2) is 18.2 Å². The lowest BCUT2D eigenvalue weighted by Crippen LogP contribution is -2.39. The van der Waals surface area contributed by atoms with Gasteiger partial charge in [-0.1, -0.05) is 12.1 Å². The van der Waals surface area contributed by atoms with Gasteiger partial charge in [-0.25, -0.2) is 0 Å². The molecule has 1 aliphatic rings. The van der Waals surface area contributed by atoms with Crippen LogP contribution in [0.3, 0.4) is 0 Å². The Hall–Kier alpha value is -1.59. The molecule has 0 saturated carbocycles. The molecule has 4 N–H and O–H groups in total. The second-order valence-corrected chi connectivity index (χ2v) is 4.92. The first-order valence-corrected chi connectivity index (χ1v) is 6.49. The van der Waals surface area contributed by atoms with Gasteiger partial charge in [0.2, 0.25) is 0 Å².